The van der Waals surface area contributed by atoms with Crippen molar-refractivity contribution in [3.8, 4) is 5.75 Å². The predicted octanol–water partition coefficient (Wildman–Crippen LogP) is 6.46. The van der Waals surface area contributed by atoms with Crippen molar-refractivity contribution in [2.24, 2.45) is 10.7 Å². The Morgan fingerprint density at radius 2 is 1.83 bits per heavy atom. The lowest BCUT2D eigenvalue weighted by Gasteiger charge is -2.35. The maximum absolute atomic E-state index is 13.3. The maximum atomic E-state index is 13.3. The van der Waals surface area contributed by atoms with Gasteiger partial charge in [-0.05, 0) is 62.5 Å². The van der Waals surface area contributed by atoms with Crippen LogP contribution in [0.5, 0.6) is 5.75 Å². The van der Waals surface area contributed by atoms with Crippen LogP contribution >= 0.6 is 0 Å². The monoisotopic (exact) mass is 574 g/mol. The second kappa shape index (κ2) is 14.8. The van der Waals surface area contributed by atoms with Gasteiger partial charge in [-0.15, -0.1) is 0 Å². The van der Waals surface area contributed by atoms with Gasteiger partial charge in [-0.2, -0.15) is 0 Å². The van der Waals surface area contributed by atoms with Gasteiger partial charge in [-0.25, -0.2) is 4.99 Å². The molecule has 0 unspecified atom stereocenters. The highest BCUT2D eigenvalue weighted by Crippen LogP contribution is 2.36. The molecule has 1 heterocycles. The van der Waals surface area contributed by atoms with E-state index in [2.05, 4.69) is 23.1 Å². The van der Waals surface area contributed by atoms with Gasteiger partial charge in [-0.1, -0.05) is 76.0 Å². The molecule has 0 radical (unpaired) electrons. The summed E-state index contributed by atoms with van der Waals surface area (Å²) in [5, 5.41) is 9.49. The lowest BCUT2D eigenvalue weighted by Crippen LogP contribution is -2.46. The zero-order chi connectivity index (χ0) is 29.3. The molecule has 0 aromatic heterocycles. The lowest BCUT2D eigenvalue weighted by atomic mass is 9.36. The Hall–Kier alpha value is -3.23. The van der Waals surface area contributed by atoms with Gasteiger partial charge in [0.25, 0.3) is 0 Å². The molecule has 0 atom stereocenters. The largest absolute Gasteiger partial charge is 0.480 e. The van der Waals surface area contributed by atoms with E-state index in [-0.39, 0.29) is 18.5 Å². The van der Waals surface area contributed by atoms with E-state index in [1.165, 1.54) is 38.5 Å². The van der Waals surface area contributed by atoms with Gasteiger partial charge in [0.1, 0.15) is 18.1 Å². The number of guanidine groups is 1. The molecule has 2 fully saturated rings. The summed E-state index contributed by atoms with van der Waals surface area (Å²) in [5.74, 6) is 1.93. The first kappa shape index (κ1) is 30.2. The number of amides is 1. The van der Waals surface area contributed by atoms with Gasteiger partial charge in [0.2, 0.25) is 5.91 Å². The lowest BCUT2D eigenvalue weighted by molar-refractivity contribution is -0.146. The van der Waals surface area contributed by atoms with Crippen LogP contribution in [0.4, 0.5) is 5.69 Å². The van der Waals surface area contributed by atoms with Crippen LogP contribution < -0.4 is 10.5 Å². The topological polar surface area (TPSA) is 108 Å². The van der Waals surface area contributed by atoms with Gasteiger partial charge in [-0.3, -0.25) is 9.59 Å². The summed E-state index contributed by atoms with van der Waals surface area (Å²) in [5.41, 5.74) is 8.52. The molecular formula is C33H47BN4O4. The normalized spacial score (nSPS) is 19.5. The number of carbonyl (C=O) groups is 2. The number of aliphatic imine (C=N–C) groups is 1. The van der Waals surface area contributed by atoms with E-state index >= 15 is 0 Å². The van der Waals surface area contributed by atoms with Crippen LogP contribution in [0.15, 0.2) is 47.2 Å². The number of benzene rings is 1. The van der Waals surface area contributed by atoms with Crippen molar-refractivity contribution in [2.45, 2.75) is 115 Å². The molecule has 2 saturated carbocycles. The summed E-state index contributed by atoms with van der Waals surface area (Å²) in [4.78, 5) is 33.5. The second-order valence-electron chi connectivity index (χ2n) is 12.6. The van der Waals surface area contributed by atoms with Crippen molar-refractivity contribution in [1.82, 2.24) is 9.80 Å². The molecule has 8 nitrogen and oxygen atoms in total. The van der Waals surface area contributed by atoms with Crippen molar-refractivity contribution in [3.63, 3.8) is 0 Å². The van der Waals surface area contributed by atoms with E-state index in [9.17, 15) is 14.7 Å². The molecule has 0 spiro atoms. The third-order valence-corrected chi connectivity index (χ3v) is 9.55. The first-order chi connectivity index (χ1) is 20.5. The third kappa shape index (κ3) is 8.20. The van der Waals surface area contributed by atoms with E-state index in [1.807, 2.05) is 18.2 Å². The minimum Gasteiger partial charge on any atom is -0.480 e. The SMILES string of the molecule is NC1=Nc2ccc(OC3=CCCC=C3)cc2CN1CB(CCCC(=O)N(CC(=O)O)C1CCCCC1)C1CCCCC1. The van der Waals surface area contributed by atoms with E-state index in [0.717, 1.165) is 80.5 Å². The van der Waals surface area contributed by atoms with Crippen LogP contribution in [0.2, 0.25) is 12.1 Å². The highest BCUT2D eigenvalue weighted by molar-refractivity contribution is 6.61. The number of rotatable bonds is 12. The summed E-state index contributed by atoms with van der Waals surface area (Å²) in [7, 11) is 0. The minimum absolute atomic E-state index is 0.00451. The Balaban J connectivity index is 1.22. The zero-order valence-corrected chi connectivity index (χ0v) is 25.0. The highest BCUT2D eigenvalue weighted by atomic mass is 16.5. The fourth-order valence-corrected chi connectivity index (χ4v) is 7.28. The molecule has 3 N–H and O–H groups in total. The summed E-state index contributed by atoms with van der Waals surface area (Å²) in [6.45, 7) is 0.912. The van der Waals surface area contributed by atoms with E-state index in [4.69, 9.17) is 15.5 Å². The summed E-state index contributed by atoms with van der Waals surface area (Å²) in [6, 6.07) is 6.09. The third-order valence-electron chi connectivity index (χ3n) is 9.55. The number of carboxylic acids is 1. The van der Waals surface area contributed by atoms with Gasteiger partial charge in [0.15, 0.2) is 12.7 Å². The van der Waals surface area contributed by atoms with E-state index in [0.29, 0.717) is 31.5 Å². The number of fused-ring (bicyclic) bond motifs is 1. The summed E-state index contributed by atoms with van der Waals surface area (Å²) in [6.07, 6.45) is 22.6. The fourth-order valence-electron chi connectivity index (χ4n) is 7.28. The Labute approximate surface area is 251 Å². The minimum atomic E-state index is -0.922. The van der Waals surface area contributed by atoms with Crippen LogP contribution in [0.25, 0.3) is 0 Å². The smallest absolute Gasteiger partial charge is 0.323 e. The average Bonchev–Trinajstić information content (AvgIpc) is 3.01. The molecule has 5 rings (SSSR count). The molecule has 3 aliphatic carbocycles. The molecule has 1 aliphatic heterocycles. The quantitative estimate of drug-likeness (QED) is 0.278. The highest BCUT2D eigenvalue weighted by Gasteiger charge is 2.32. The molecule has 0 saturated heterocycles. The van der Waals surface area contributed by atoms with E-state index in [1.54, 1.807) is 4.90 Å². The molecular weight excluding hydrogens is 527 g/mol. The molecule has 4 aliphatic rings. The summed E-state index contributed by atoms with van der Waals surface area (Å²) < 4.78 is 6.13. The van der Waals surface area contributed by atoms with Crippen molar-refractivity contribution >= 4 is 30.2 Å². The maximum Gasteiger partial charge on any atom is 0.323 e. The van der Waals surface area contributed by atoms with Crippen LogP contribution in [0, 0.1) is 0 Å². The predicted molar refractivity (Wildman–Crippen MR) is 168 cm³/mol. The first-order valence-electron chi connectivity index (χ1n) is 16.2. The molecule has 1 aromatic rings. The summed E-state index contributed by atoms with van der Waals surface area (Å²) >= 11 is 0. The standard InChI is InChI=1S/C33H47BN4O4/c35-33-36-30-19-18-29(42-28-15-8-3-9-16-28)21-25(30)22-37(33)24-34(26-11-4-1-5-12-26)20-10-17-31(39)38(23-32(40)41)27-13-6-2-7-14-27/h8,15-16,18-19,21,26-27H,1-7,9-14,17,20,22-24H2,(H2,35,36)(H,40,41). The second-order valence-corrected chi connectivity index (χ2v) is 12.6. The van der Waals surface area contributed by atoms with Crippen molar-refractivity contribution in [3.05, 3.63) is 47.7 Å². The molecule has 0 bridgehead atoms. The molecule has 1 aromatic carbocycles. The number of carboxylic acid groups (broad SMARTS) is 1. The number of hydrogen-bond acceptors (Lipinski definition) is 6. The molecule has 226 valence electrons. The molecule has 42 heavy (non-hydrogen) atoms. The van der Waals surface area contributed by atoms with Crippen LogP contribution in [-0.2, 0) is 16.1 Å². The Morgan fingerprint density at radius 3 is 2.55 bits per heavy atom. The van der Waals surface area contributed by atoms with Gasteiger partial charge in [0.05, 0.1) is 5.69 Å². The zero-order valence-electron chi connectivity index (χ0n) is 25.0. The van der Waals surface area contributed by atoms with Crippen LogP contribution in [0.1, 0.15) is 95.5 Å². The van der Waals surface area contributed by atoms with Crippen molar-refractivity contribution in [2.75, 3.05) is 13.0 Å². The average molecular weight is 575 g/mol. The van der Waals surface area contributed by atoms with Crippen LogP contribution in [-0.4, -0.2) is 58.5 Å². The Bertz CT molecular complexity index is 1190. The number of nitrogens with zero attached hydrogens (tertiary/aromatic N) is 3. The Morgan fingerprint density at radius 1 is 1.07 bits per heavy atom. The molecule has 1 amide bonds. The number of ether oxygens (including phenoxy) is 1. The molecule has 9 heteroatoms. The Kier molecular flexibility index (Phi) is 10.6. The number of hydrogen-bond donors (Lipinski definition) is 2. The van der Waals surface area contributed by atoms with Gasteiger partial charge >= 0.3 is 5.97 Å². The first-order valence-corrected chi connectivity index (χ1v) is 16.2. The van der Waals surface area contributed by atoms with Crippen molar-refractivity contribution in [1.29, 1.82) is 0 Å². The van der Waals surface area contributed by atoms with Crippen molar-refractivity contribution < 1.29 is 19.4 Å². The van der Waals surface area contributed by atoms with Crippen LogP contribution in [0.3, 0.4) is 0 Å². The number of allylic oxidation sites excluding steroid dienone is 3. The van der Waals surface area contributed by atoms with Gasteiger partial charge < -0.3 is 25.4 Å². The number of aliphatic carboxylic acids is 1. The fraction of sp³-hybridized carbons (Fsp3) is 0.606. The van der Waals surface area contributed by atoms with E-state index < -0.39 is 5.97 Å². The number of carbonyl (C=O) groups excluding carboxylic acids is 1. The number of nitrogens with two attached hydrogens (primary N) is 1. The van der Waals surface area contributed by atoms with Gasteiger partial charge in [0, 0.05) is 24.6 Å².